The van der Waals surface area contributed by atoms with Gasteiger partial charge in [0.15, 0.2) is 0 Å². The molecule has 7 nitrogen and oxygen atoms in total. The Morgan fingerprint density at radius 3 is 2.81 bits per heavy atom. The summed E-state index contributed by atoms with van der Waals surface area (Å²) >= 11 is 0. The lowest BCUT2D eigenvalue weighted by Gasteiger charge is -2.33. The van der Waals surface area contributed by atoms with Crippen molar-refractivity contribution in [2.75, 3.05) is 31.2 Å². The highest BCUT2D eigenvalue weighted by molar-refractivity contribution is 5.77. The van der Waals surface area contributed by atoms with E-state index in [4.69, 9.17) is 4.74 Å². The molecule has 1 aliphatic rings. The van der Waals surface area contributed by atoms with Crippen molar-refractivity contribution in [3.8, 4) is 0 Å². The number of aryl methyl sites for hydroxylation is 1. The number of nitrogens with zero attached hydrogens (tertiary/aromatic N) is 3. The summed E-state index contributed by atoms with van der Waals surface area (Å²) in [5.74, 6) is -0.0643. The van der Waals surface area contributed by atoms with Crippen LogP contribution in [0.15, 0.2) is 17.1 Å². The van der Waals surface area contributed by atoms with E-state index in [2.05, 4.69) is 15.3 Å². The first kappa shape index (κ1) is 15.5. The quantitative estimate of drug-likeness (QED) is 0.821. The van der Waals surface area contributed by atoms with Gasteiger partial charge in [-0.3, -0.25) is 9.59 Å². The van der Waals surface area contributed by atoms with Gasteiger partial charge in [0.05, 0.1) is 11.9 Å². The molecule has 1 aromatic rings. The van der Waals surface area contributed by atoms with Crippen molar-refractivity contribution in [2.24, 2.45) is 7.05 Å². The van der Waals surface area contributed by atoms with Gasteiger partial charge >= 0.3 is 0 Å². The molecule has 0 saturated carbocycles. The minimum absolute atomic E-state index is 0.0643. The number of rotatable bonds is 5. The van der Waals surface area contributed by atoms with E-state index in [0.717, 1.165) is 31.6 Å². The molecule has 1 aliphatic heterocycles. The van der Waals surface area contributed by atoms with Crippen LogP contribution in [-0.4, -0.2) is 48.0 Å². The van der Waals surface area contributed by atoms with Gasteiger partial charge in [-0.1, -0.05) is 0 Å². The molecule has 1 saturated heterocycles. The second kappa shape index (κ2) is 7.21. The fraction of sp³-hybridized carbons (Fsp3) is 0.643. The number of ether oxygens (including phenoxy) is 1. The molecule has 0 radical (unpaired) electrons. The van der Waals surface area contributed by atoms with Crippen LogP contribution in [0.4, 0.5) is 5.69 Å². The highest BCUT2D eigenvalue weighted by Gasteiger charge is 2.21. The molecule has 0 atom stereocenters. The van der Waals surface area contributed by atoms with E-state index in [9.17, 15) is 9.59 Å². The van der Waals surface area contributed by atoms with Crippen molar-refractivity contribution in [2.45, 2.75) is 25.8 Å². The third-order valence-corrected chi connectivity index (χ3v) is 3.62. The van der Waals surface area contributed by atoms with Crippen LogP contribution >= 0.6 is 0 Å². The molecule has 0 aromatic carbocycles. The number of carbonyl (C=O) groups excluding carboxylic acids is 1. The molecule has 0 unspecified atom stereocenters. The number of aromatic nitrogens is 2. The second-order valence-corrected chi connectivity index (χ2v) is 5.14. The molecule has 1 fully saturated rings. The summed E-state index contributed by atoms with van der Waals surface area (Å²) < 4.78 is 6.39. The van der Waals surface area contributed by atoms with E-state index in [1.54, 1.807) is 19.3 Å². The smallest absolute Gasteiger partial charge is 0.268 e. The Morgan fingerprint density at radius 1 is 1.48 bits per heavy atom. The molecule has 2 rings (SSSR count). The predicted octanol–water partition coefficient (Wildman–Crippen LogP) is -0.0982. The van der Waals surface area contributed by atoms with Gasteiger partial charge in [0, 0.05) is 38.9 Å². The summed E-state index contributed by atoms with van der Waals surface area (Å²) in [4.78, 5) is 25.3. The van der Waals surface area contributed by atoms with Crippen molar-refractivity contribution >= 4 is 11.6 Å². The average molecular weight is 294 g/mol. The van der Waals surface area contributed by atoms with E-state index in [-0.39, 0.29) is 24.1 Å². The lowest BCUT2D eigenvalue weighted by atomic mass is 10.0. The van der Waals surface area contributed by atoms with Crippen molar-refractivity contribution < 1.29 is 9.53 Å². The summed E-state index contributed by atoms with van der Waals surface area (Å²) in [6.45, 7) is 4.13. The zero-order valence-electron chi connectivity index (χ0n) is 12.5. The summed E-state index contributed by atoms with van der Waals surface area (Å²) in [7, 11) is 1.63. The minimum atomic E-state index is -0.111. The molecule has 1 N–H and O–H groups in total. The predicted molar refractivity (Wildman–Crippen MR) is 79.3 cm³/mol. The Balaban J connectivity index is 1.84. The van der Waals surface area contributed by atoms with Gasteiger partial charge in [-0.05, 0) is 19.8 Å². The zero-order chi connectivity index (χ0) is 15.2. The Bertz CT molecular complexity index is 535. The van der Waals surface area contributed by atoms with Crippen molar-refractivity contribution in [3.63, 3.8) is 0 Å². The first-order valence-electron chi connectivity index (χ1n) is 7.25. The molecule has 7 heteroatoms. The highest BCUT2D eigenvalue weighted by Crippen LogP contribution is 2.17. The summed E-state index contributed by atoms with van der Waals surface area (Å²) in [5, 5.41) is 7.01. The van der Waals surface area contributed by atoms with Crippen LogP contribution in [0.3, 0.4) is 0 Å². The van der Waals surface area contributed by atoms with Crippen LogP contribution in [0, 0.1) is 0 Å². The molecule has 21 heavy (non-hydrogen) atoms. The third-order valence-electron chi connectivity index (χ3n) is 3.62. The van der Waals surface area contributed by atoms with Gasteiger partial charge in [0.1, 0.15) is 6.61 Å². The van der Waals surface area contributed by atoms with Crippen molar-refractivity contribution in [3.05, 3.63) is 22.6 Å². The van der Waals surface area contributed by atoms with Crippen molar-refractivity contribution in [1.29, 1.82) is 0 Å². The number of piperidine rings is 1. The van der Waals surface area contributed by atoms with Crippen LogP contribution in [0.25, 0.3) is 0 Å². The Kier molecular flexibility index (Phi) is 5.32. The van der Waals surface area contributed by atoms with Crippen LogP contribution in [0.1, 0.15) is 19.8 Å². The molecular weight excluding hydrogens is 272 g/mol. The Morgan fingerprint density at radius 2 is 2.19 bits per heavy atom. The van der Waals surface area contributed by atoms with E-state index in [1.165, 1.54) is 4.68 Å². The summed E-state index contributed by atoms with van der Waals surface area (Å²) in [5.41, 5.74) is 0.733. The first-order valence-corrected chi connectivity index (χ1v) is 7.25. The van der Waals surface area contributed by atoms with Crippen LogP contribution in [0.2, 0.25) is 0 Å². The van der Waals surface area contributed by atoms with E-state index >= 15 is 0 Å². The highest BCUT2D eigenvalue weighted by atomic mass is 16.5. The number of anilines is 1. The van der Waals surface area contributed by atoms with Crippen LogP contribution < -0.4 is 15.8 Å². The Labute approximate surface area is 123 Å². The van der Waals surface area contributed by atoms with Gasteiger partial charge in [-0.15, -0.1) is 0 Å². The fourth-order valence-corrected chi connectivity index (χ4v) is 2.38. The van der Waals surface area contributed by atoms with Crippen molar-refractivity contribution in [1.82, 2.24) is 15.1 Å². The molecular formula is C14H22N4O3. The van der Waals surface area contributed by atoms with Gasteiger partial charge in [-0.25, -0.2) is 4.68 Å². The summed E-state index contributed by atoms with van der Waals surface area (Å²) in [6.07, 6.45) is 3.41. The molecule has 116 valence electrons. The number of hydrogen-bond donors (Lipinski definition) is 1. The third kappa shape index (κ3) is 4.29. The van der Waals surface area contributed by atoms with Gasteiger partial charge in [0.2, 0.25) is 5.91 Å². The van der Waals surface area contributed by atoms with Crippen LogP contribution in [-0.2, 0) is 16.6 Å². The maximum absolute atomic E-state index is 11.6. The topological polar surface area (TPSA) is 76.5 Å². The molecule has 0 aliphatic carbocycles. The lowest BCUT2D eigenvalue weighted by Crippen LogP contribution is -2.46. The molecule has 1 aromatic heterocycles. The Hall–Kier alpha value is -1.89. The van der Waals surface area contributed by atoms with E-state index in [1.807, 2.05) is 6.92 Å². The summed E-state index contributed by atoms with van der Waals surface area (Å²) in [6, 6.07) is 1.77. The number of hydrogen-bond acceptors (Lipinski definition) is 5. The van der Waals surface area contributed by atoms with Gasteiger partial charge < -0.3 is 15.0 Å². The first-order chi connectivity index (χ1) is 10.1. The average Bonchev–Trinajstić information content (AvgIpc) is 2.49. The second-order valence-electron chi connectivity index (χ2n) is 5.14. The van der Waals surface area contributed by atoms with E-state index < -0.39 is 0 Å². The maximum Gasteiger partial charge on any atom is 0.268 e. The number of nitrogens with one attached hydrogen (secondary N) is 1. The van der Waals surface area contributed by atoms with Gasteiger partial charge in [0.25, 0.3) is 5.56 Å². The molecule has 2 heterocycles. The van der Waals surface area contributed by atoms with Crippen LogP contribution in [0.5, 0.6) is 0 Å². The largest absolute Gasteiger partial charge is 0.372 e. The molecule has 0 bridgehead atoms. The standard InChI is InChI=1S/C14H22N4O3/c1-3-21-10-13(19)16-11-4-6-18(7-5-11)12-8-14(20)17(2)15-9-12/h8-9,11H,3-7,10H2,1-2H3,(H,16,19). The zero-order valence-corrected chi connectivity index (χ0v) is 12.5. The molecule has 0 spiro atoms. The molecule has 1 amide bonds. The lowest BCUT2D eigenvalue weighted by molar-refractivity contribution is -0.126. The normalized spacial score (nSPS) is 16.0. The van der Waals surface area contributed by atoms with Gasteiger partial charge in [-0.2, -0.15) is 5.10 Å². The van der Waals surface area contributed by atoms with E-state index in [0.29, 0.717) is 6.61 Å². The fourth-order valence-electron chi connectivity index (χ4n) is 2.38. The monoisotopic (exact) mass is 294 g/mol. The minimum Gasteiger partial charge on any atom is -0.372 e. The number of amides is 1. The maximum atomic E-state index is 11.6. The number of carbonyl (C=O) groups is 1. The SMILES string of the molecule is CCOCC(=O)NC1CCN(c2cnn(C)c(=O)c2)CC1.